The van der Waals surface area contributed by atoms with Crippen LogP contribution in [-0.2, 0) is 9.47 Å². The third kappa shape index (κ3) is 11.5. The van der Waals surface area contributed by atoms with E-state index < -0.39 is 5.60 Å². The smallest absolute Gasteiger partial charge is 0.410 e. The van der Waals surface area contributed by atoms with Crippen molar-refractivity contribution in [2.75, 3.05) is 39.9 Å². The van der Waals surface area contributed by atoms with Crippen LogP contribution in [0.4, 0.5) is 4.79 Å². The first-order valence-electron chi connectivity index (χ1n) is 7.97. The first-order valence-corrected chi connectivity index (χ1v) is 7.97. The average molecular weight is 302 g/mol. The third-order valence-corrected chi connectivity index (χ3v) is 3.05. The van der Waals surface area contributed by atoms with Gasteiger partial charge >= 0.3 is 6.09 Å². The molecule has 0 fully saturated rings. The van der Waals surface area contributed by atoms with Crippen molar-refractivity contribution in [1.29, 1.82) is 0 Å². The summed E-state index contributed by atoms with van der Waals surface area (Å²) < 4.78 is 10.5. The van der Waals surface area contributed by atoms with E-state index in [2.05, 4.69) is 19.2 Å². The summed E-state index contributed by atoms with van der Waals surface area (Å²) in [5, 5.41) is 3.40. The molecule has 0 saturated heterocycles. The molecule has 0 rings (SSSR count). The van der Waals surface area contributed by atoms with Gasteiger partial charge in [-0.25, -0.2) is 4.79 Å². The minimum Gasteiger partial charge on any atom is -0.444 e. The summed E-state index contributed by atoms with van der Waals surface area (Å²) in [5.74, 6) is 0.670. The molecule has 0 aromatic rings. The van der Waals surface area contributed by atoms with Crippen LogP contribution in [-0.4, -0.2) is 56.5 Å². The Morgan fingerprint density at radius 2 is 1.95 bits per heavy atom. The highest BCUT2D eigenvalue weighted by atomic mass is 16.6. The fraction of sp³-hybridized carbons (Fsp3) is 0.938. The molecule has 0 aliphatic heterocycles. The summed E-state index contributed by atoms with van der Waals surface area (Å²) in [6, 6.07) is 0. The SMILES string of the molecule is CCCC(C)CNCCN(CCOC)C(=O)OC(C)(C)C. The molecule has 0 aromatic heterocycles. The van der Waals surface area contributed by atoms with Crippen molar-refractivity contribution >= 4 is 6.09 Å². The maximum absolute atomic E-state index is 12.1. The first-order chi connectivity index (χ1) is 9.80. The summed E-state index contributed by atoms with van der Waals surface area (Å²) in [7, 11) is 1.64. The number of hydrogen-bond donors (Lipinski definition) is 1. The van der Waals surface area contributed by atoms with E-state index in [9.17, 15) is 4.79 Å². The molecule has 1 N–H and O–H groups in total. The quantitative estimate of drug-likeness (QED) is 0.630. The molecule has 0 heterocycles. The van der Waals surface area contributed by atoms with Gasteiger partial charge in [-0.05, 0) is 39.7 Å². The third-order valence-electron chi connectivity index (χ3n) is 3.05. The summed E-state index contributed by atoms with van der Waals surface area (Å²) in [6.07, 6.45) is 2.16. The van der Waals surface area contributed by atoms with Gasteiger partial charge in [-0.1, -0.05) is 20.3 Å². The Bertz CT molecular complexity index is 277. The predicted molar refractivity (Wildman–Crippen MR) is 86.6 cm³/mol. The number of nitrogens with zero attached hydrogens (tertiary/aromatic N) is 1. The Balaban J connectivity index is 4.14. The highest BCUT2D eigenvalue weighted by Crippen LogP contribution is 2.09. The van der Waals surface area contributed by atoms with Crippen LogP contribution in [0.2, 0.25) is 0 Å². The molecule has 0 spiro atoms. The summed E-state index contributed by atoms with van der Waals surface area (Å²) in [6.45, 7) is 13.5. The summed E-state index contributed by atoms with van der Waals surface area (Å²) in [5.41, 5.74) is -0.467. The van der Waals surface area contributed by atoms with Gasteiger partial charge in [0.1, 0.15) is 5.60 Å². The zero-order valence-electron chi connectivity index (χ0n) is 14.7. The minimum atomic E-state index is -0.467. The zero-order valence-corrected chi connectivity index (χ0v) is 14.7. The first kappa shape index (κ1) is 20.2. The molecule has 1 amide bonds. The molecule has 5 nitrogen and oxygen atoms in total. The molecule has 0 bridgehead atoms. The van der Waals surface area contributed by atoms with E-state index in [4.69, 9.17) is 9.47 Å². The second-order valence-electron chi connectivity index (χ2n) is 6.56. The Morgan fingerprint density at radius 3 is 2.48 bits per heavy atom. The van der Waals surface area contributed by atoms with Gasteiger partial charge in [-0.3, -0.25) is 0 Å². The van der Waals surface area contributed by atoms with Gasteiger partial charge in [-0.2, -0.15) is 0 Å². The van der Waals surface area contributed by atoms with Gasteiger partial charge in [0, 0.05) is 26.7 Å². The minimum absolute atomic E-state index is 0.275. The molecule has 5 heteroatoms. The average Bonchev–Trinajstić information content (AvgIpc) is 2.36. The molecular formula is C16H34N2O3. The van der Waals surface area contributed by atoms with Gasteiger partial charge < -0.3 is 19.7 Å². The highest BCUT2D eigenvalue weighted by molar-refractivity contribution is 5.68. The topological polar surface area (TPSA) is 50.8 Å². The Hall–Kier alpha value is -0.810. The molecule has 0 saturated carbocycles. The van der Waals surface area contributed by atoms with Gasteiger partial charge in [0.15, 0.2) is 0 Å². The van der Waals surface area contributed by atoms with Gasteiger partial charge in [0.2, 0.25) is 0 Å². The lowest BCUT2D eigenvalue weighted by molar-refractivity contribution is 0.0204. The number of methoxy groups -OCH3 is 1. The summed E-state index contributed by atoms with van der Waals surface area (Å²) in [4.78, 5) is 13.8. The second-order valence-corrected chi connectivity index (χ2v) is 6.56. The largest absolute Gasteiger partial charge is 0.444 e. The van der Waals surface area contributed by atoms with E-state index in [0.717, 1.165) is 13.1 Å². The van der Waals surface area contributed by atoms with Gasteiger partial charge in [0.05, 0.1) is 6.61 Å². The number of hydrogen-bond acceptors (Lipinski definition) is 4. The van der Waals surface area contributed by atoms with Crippen LogP contribution in [0.3, 0.4) is 0 Å². The number of amides is 1. The Labute approximate surface area is 130 Å². The van der Waals surface area contributed by atoms with E-state index in [1.54, 1.807) is 12.0 Å². The maximum Gasteiger partial charge on any atom is 0.410 e. The molecule has 1 atom stereocenters. The van der Waals surface area contributed by atoms with E-state index in [1.807, 2.05) is 20.8 Å². The van der Waals surface area contributed by atoms with E-state index in [-0.39, 0.29) is 6.09 Å². The Kier molecular flexibility index (Phi) is 10.4. The second kappa shape index (κ2) is 10.9. The van der Waals surface area contributed by atoms with Crippen LogP contribution in [0, 0.1) is 5.92 Å². The van der Waals surface area contributed by atoms with Crippen molar-refractivity contribution in [3.05, 3.63) is 0 Å². The monoisotopic (exact) mass is 302 g/mol. The van der Waals surface area contributed by atoms with E-state index in [0.29, 0.717) is 25.6 Å². The number of carbonyl (C=O) groups is 1. The number of carbonyl (C=O) groups excluding carboxylic acids is 1. The van der Waals surface area contributed by atoms with Crippen molar-refractivity contribution < 1.29 is 14.3 Å². The standard InChI is InChI=1S/C16H34N2O3/c1-7-8-14(2)13-17-9-10-18(11-12-20-6)15(19)21-16(3,4)5/h14,17H,7-13H2,1-6H3. The van der Waals surface area contributed by atoms with Crippen LogP contribution in [0.5, 0.6) is 0 Å². The lowest BCUT2D eigenvalue weighted by atomic mass is 10.1. The number of nitrogens with one attached hydrogen (secondary N) is 1. The molecule has 0 radical (unpaired) electrons. The maximum atomic E-state index is 12.1. The van der Waals surface area contributed by atoms with Crippen molar-refractivity contribution in [3.63, 3.8) is 0 Å². The van der Waals surface area contributed by atoms with Crippen LogP contribution in [0.1, 0.15) is 47.5 Å². The van der Waals surface area contributed by atoms with Crippen LogP contribution in [0.25, 0.3) is 0 Å². The molecule has 126 valence electrons. The Morgan fingerprint density at radius 1 is 1.29 bits per heavy atom. The summed E-state index contributed by atoms with van der Waals surface area (Å²) >= 11 is 0. The molecule has 0 aliphatic carbocycles. The van der Waals surface area contributed by atoms with Crippen molar-refractivity contribution in [3.8, 4) is 0 Å². The van der Waals surface area contributed by atoms with E-state index >= 15 is 0 Å². The molecular weight excluding hydrogens is 268 g/mol. The van der Waals surface area contributed by atoms with Crippen molar-refractivity contribution in [1.82, 2.24) is 10.2 Å². The fourth-order valence-electron chi connectivity index (χ4n) is 1.98. The lowest BCUT2D eigenvalue weighted by Crippen LogP contribution is -2.42. The predicted octanol–water partition coefficient (Wildman–Crippen LogP) is 2.90. The highest BCUT2D eigenvalue weighted by Gasteiger charge is 2.21. The lowest BCUT2D eigenvalue weighted by Gasteiger charge is -2.27. The van der Waals surface area contributed by atoms with Crippen molar-refractivity contribution in [2.24, 2.45) is 5.92 Å². The molecule has 0 aromatic carbocycles. The number of ether oxygens (including phenoxy) is 2. The van der Waals surface area contributed by atoms with Crippen molar-refractivity contribution in [2.45, 2.75) is 53.1 Å². The van der Waals surface area contributed by atoms with Crippen LogP contribution >= 0.6 is 0 Å². The molecule has 21 heavy (non-hydrogen) atoms. The van der Waals surface area contributed by atoms with E-state index in [1.165, 1.54) is 12.8 Å². The molecule has 0 aliphatic rings. The van der Waals surface area contributed by atoms with Crippen LogP contribution in [0.15, 0.2) is 0 Å². The zero-order chi connectivity index (χ0) is 16.3. The van der Waals surface area contributed by atoms with Crippen LogP contribution < -0.4 is 5.32 Å². The number of rotatable bonds is 10. The van der Waals surface area contributed by atoms with Gasteiger partial charge in [0.25, 0.3) is 0 Å². The normalized spacial score (nSPS) is 13.0. The fourth-order valence-corrected chi connectivity index (χ4v) is 1.98. The van der Waals surface area contributed by atoms with Gasteiger partial charge in [-0.15, -0.1) is 0 Å². The molecule has 1 unspecified atom stereocenters.